The van der Waals surface area contributed by atoms with Gasteiger partial charge in [0.05, 0.1) is 0 Å². The SMILES string of the molecule is C#C.CCN=C(C=C(C)C)NC1CCNC1. The summed E-state index contributed by atoms with van der Waals surface area (Å²) in [7, 11) is 0. The molecule has 1 aliphatic heterocycles. The zero-order valence-electron chi connectivity index (χ0n) is 10.6. The number of nitrogens with zero attached hydrogens (tertiary/aromatic N) is 1. The first kappa shape index (κ1) is 14.7. The Morgan fingerprint density at radius 3 is 2.62 bits per heavy atom. The number of terminal acetylenes is 1. The highest BCUT2D eigenvalue weighted by Gasteiger charge is 2.14. The summed E-state index contributed by atoms with van der Waals surface area (Å²) in [6, 6.07) is 0.552. The van der Waals surface area contributed by atoms with E-state index in [2.05, 4.69) is 55.3 Å². The lowest BCUT2D eigenvalue weighted by Gasteiger charge is -2.13. The van der Waals surface area contributed by atoms with Crippen molar-refractivity contribution in [2.24, 2.45) is 4.99 Å². The predicted octanol–water partition coefficient (Wildman–Crippen LogP) is 1.57. The molecule has 0 aliphatic carbocycles. The molecule has 3 heteroatoms. The summed E-state index contributed by atoms with van der Waals surface area (Å²) < 4.78 is 0. The van der Waals surface area contributed by atoms with Crippen molar-refractivity contribution in [3.8, 4) is 12.8 Å². The third-order valence-corrected chi connectivity index (χ3v) is 2.17. The van der Waals surface area contributed by atoms with E-state index in [0.29, 0.717) is 6.04 Å². The van der Waals surface area contributed by atoms with Crippen LogP contribution >= 0.6 is 0 Å². The van der Waals surface area contributed by atoms with Crippen LogP contribution in [0.3, 0.4) is 0 Å². The van der Waals surface area contributed by atoms with Crippen LogP contribution < -0.4 is 10.6 Å². The Morgan fingerprint density at radius 1 is 1.50 bits per heavy atom. The van der Waals surface area contributed by atoms with E-state index in [1.807, 2.05) is 0 Å². The van der Waals surface area contributed by atoms with Gasteiger partial charge in [0.1, 0.15) is 5.84 Å². The van der Waals surface area contributed by atoms with E-state index in [9.17, 15) is 0 Å². The number of hydrogen-bond donors (Lipinski definition) is 2. The minimum atomic E-state index is 0.552. The van der Waals surface area contributed by atoms with Gasteiger partial charge in [-0.15, -0.1) is 12.8 Å². The van der Waals surface area contributed by atoms with Crippen LogP contribution in [0.2, 0.25) is 0 Å². The van der Waals surface area contributed by atoms with Crippen molar-refractivity contribution in [1.82, 2.24) is 10.6 Å². The van der Waals surface area contributed by atoms with Crippen LogP contribution in [0.5, 0.6) is 0 Å². The van der Waals surface area contributed by atoms with Gasteiger partial charge in [0.15, 0.2) is 0 Å². The molecule has 1 unspecified atom stereocenters. The van der Waals surface area contributed by atoms with E-state index in [1.165, 1.54) is 12.0 Å². The first-order valence-electron chi connectivity index (χ1n) is 5.72. The summed E-state index contributed by atoms with van der Waals surface area (Å²) in [5, 5.41) is 6.79. The van der Waals surface area contributed by atoms with Gasteiger partial charge in [-0.3, -0.25) is 4.99 Å². The highest BCUT2D eigenvalue weighted by molar-refractivity contribution is 5.93. The predicted molar refractivity (Wildman–Crippen MR) is 71.7 cm³/mol. The summed E-state index contributed by atoms with van der Waals surface area (Å²) >= 11 is 0. The Hall–Kier alpha value is -1.27. The van der Waals surface area contributed by atoms with Gasteiger partial charge >= 0.3 is 0 Å². The summed E-state index contributed by atoms with van der Waals surface area (Å²) in [5.74, 6) is 1.03. The maximum Gasteiger partial charge on any atom is 0.120 e. The molecule has 0 bridgehead atoms. The zero-order valence-corrected chi connectivity index (χ0v) is 10.6. The molecule has 0 aromatic carbocycles. The van der Waals surface area contributed by atoms with Crippen molar-refractivity contribution in [2.75, 3.05) is 19.6 Å². The minimum Gasteiger partial charge on any atom is -0.366 e. The smallest absolute Gasteiger partial charge is 0.120 e. The molecule has 3 nitrogen and oxygen atoms in total. The van der Waals surface area contributed by atoms with Gasteiger partial charge in [0, 0.05) is 19.1 Å². The molecule has 0 spiro atoms. The Kier molecular flexibility index (Phi) is 8.28. The van der Waals surface area contributed by atoms with Gasteiger partial charge in [-0.2, -0.15) is 0 Å². The van der Waals surface area contributed by atoms with Gasteiger partial charge in [-0.25, -0.2) is 0 Å². The van der Waals surface area contributed by atoms with Crippen LogP contribution in [-0.4, -0.2) is 31.5 Å². The van der Waals surface area contributed by atoms with Crippen LogP contribution in [-0.2, 0) is 0 Å². The van der Waals surface area contributed by atoms with Gasteiger partial charge in [-0.1, -0.05) is 5.57 Å². The minimum absolute atomic E-state index is 0.552. The molecule has 0 aromatic heterocycles. The lowest BCUT2D eigenvalue weighted by Crippen LogP contribution is -2.35. The fourth-order valence-corrected chi connectivity index (χ4v) is 1.56. The third kappa shape index (κ3) is 6.26. The molecule has 1 rings (SSSR count). The second kappa shape index (κ2) is 8.99. The van der Waals surface area contributed by atoms with Crippen LogP contribution in [0.15, 0.2) is 16.6 Å². The lowest BCUT2D eigenvalue weighted by molar-refractivity contribution is 0.663. The Morgan fingerprint density at radius 2 is 2.19 bits per heavy atom. The van der Waals surface area contributed by atoms with E-state index < -0.39 is 0 Å². The Balaban J connectivity index is 0.00000106. The van der Waals surface area contributed by atoms with Crippen molar-refractivity contribution in [3.05, 3.63) is 11.6 Å². The van der Waals surface area contributed by atoms with E-state index in [4.69, 9.17) is 0 Å². The van der Waals surface area contributed by atoms with Crippen molar-refractivity contribution in [1.29, 1.82) is 0 Å². The van der Waals surface area contributed by atoms with E-state index >= 15 is 0 Å². The molecule has 0 amide bonds. The van der Waals surface area contributed by atoms with Gasteiger partial charge in [0.2, 0.25) is 0 Å². The highest BCUT2D eigenvalue weighted by atomic mass is 15.1. The number of aliphatic imine (C=N–C) groups is 1. The van der Waals surface area contributed by atoms with Crippen LogP contribution in [0.25, 0.3) is 0 Å². The zero-order chi connectivity index (χ0) is 12.4. The maximum atomic E-state index is 4.43. The van der Waals surface area contributed by atoms with Crippen molar-refractivity contribution < 1.29 is 0 Å². The van der Waals surface area contributed by atoms with Crippen molar-refractivity contribution in [2.45, 2.75) is 33.2 Å². The number of amidine groups is 1. The quantitative estimate of drug-likeness (QED) is 0.431. The van der Waals surface area contributed by atoms with E-state index in [0.717, 1.165) is 25.5 Å². The number of rotatable bonds is 3. The van der Waals surface area contributed by atoms with Crippen molar-refractivity contribution >= 4 is 5.84 Å². The molecule has 0 radical (unpaired) electrons. The van der Waals surface area contributed by atoms with Crippen LogP contribution in [0.1, 0.15) is 27.2 Å². The molecule has 1 atom stereocenters. The lowest BCUT2D eigenvalue weighted by atomic mass is 10.2. The average molecular weight is 221 g/mol. The largest absolute Gasteiger partial charge is 0.366 e. The van der Waals surface area contributed by atoms with E-state index in [1.54, 1.807) is 0 Å². The molecule has 1 aliphatic rings. The molecule has 2 N–H and O–H groups in total. The average Bonchev–Trinajstić information content (AvgIpc) is 2.73. The third-order valence-electron chi connectivity index (χ3n) is 2.17. The summed E-state index contributed by atoms with van der Waals surface area (Å²) in [6.45, 7) is 9.27. The second-order valence-electron chi connectivity index (χ2n) is 3.92. The summed E-state index contributed by atoms with van der Waals surface area (Å²) in [4.78, 5) is 4.43. The molecular formula is C13H23N3. The molecule has 0 aromatic rings. The first-order chi connectivity index (χ1) is 7.72. The van der Waals surface area contributed by atoms with Gasteiger partial charge in [0.25, 0.3) is 0 Å². The monoisotopic (exact) mass is 221 g/mol. The van der Waals surface area contributed by atoms with Gasteiger partial charge < -0.3 is 10.6 Å². The van der Waals surface area contributed by atoms with Crippen LogP contribution in [0.4, 0.5) is 0 Å². The van der Waals surface area contributed by atoms with Crippen molar-refractivity contribution in [3.63, 3.8) is 0 Å². The Labute approximate surface area is 99.4 Å². The van der Waals surface area contributed by atoms with Gasteiger partial charge in [-0.05, 0) is 39.8 Å². The molecule has 1 saturated heterocycles. The fraction of sp³-hybridized carbons (Fsp3) is 0.615. The van der Waals surface area contributed by atoms with E-state index in [-0.39, 0.29) is 0 Å². The molecule has 1 fully saturated rings. The molecule has 0 saturated carbocycles. The highest BCUT2D eigenvalue weighted by Crippen LogP contribution is 1.99. The number of nitrogens with one attached hydrogen (secondary N) is 2. The topological polar surface area (TPSA) is 36.4 Å². The second-order valence-corrected chi connectivity index (χ2v) is 3.92. The fourth-order valence-electron chi connectivity index (χ4n) is 1.56. The standard InChI is InChI=1S/C11H21N3.C2H2/c1-4-13-11(7-9(2)3)14-10-5-6-12-8-10;1-2/h7,10,12H,4-6,8H2,1-3H3,(H,13,14);1-2H. The summed E-state index contributed by atoms with van der Waals surface area (Å²) in [5.41, 5.74) is 1.29. The van der Waals surface area contributed by atoms with Crippen LogP contribution in [0, 0.1) is 12.8 Å². The maximum absolute atomic E-state index is 4.43. The summed E-state index contributed by atoms with van der Waals surface area (Å²) in [6.07, 6.45) is 11.3. The molecule has 16 heavy (non-hydrogen) atoms. The normalized spacial score (nSPS) is 19.6. The number of allylic oxidation sites excluding steroid dienone is 1. The first-order valence-corrected chi connectivity index (χ1v) is 5.72. The molecular weight excluding hydrogens is 198 g/mol. The molecule has 1 heterocycles. The molecule has 90 valence electrons. The Bertz CT molecular complexity index is 254. The number of hydrogen-bond acceptors (Lipinski definition) is 2.